The third kappa shape index (κ3) is 4.26. The van der Waals surface area contributed by atoms with E-state index in [1.165, 1.54) is 16.4 Å². The molecule has 2 fully saturated rings. The molecule has 1 aliphatic carbocycles. The summed E-state index contributed by atoms with van der Waals surface area (Å²) in [6.07, 6.45) is 4.25. The average Bonchev–Trinajstić information content (AvgIpc) is 3.38. The molecule has 1 aliphatic heterocycles. The Morgan fingerprint density at radius 2 is 1.93 bits per heavy atom. The Morgan fingerprint density at radius 3 is 2.55 bits per heavy atom. The van der Waals surface area contributed by atoms with Gasteiger partial charge in [-0.3, -0.25) is 4.68 Å². The van der Waals surface area contributed by atoms with Crippen molar-refractivity contribution in [3.63, 3.8) is 0 Å². The first-order valence-electron chi connectivity index (χ1n) is 10.2. The topological polar surface area (TPSA) is 76.5 Å². The van der Waals surface area contributed by atoms with Crippen molar-refractivity contribution in [1.82, 2.24) is 19.4 Å². The number of ether oxygens (including phenoxy) is 1. The van der Waals surface area contributed by atoms with E-state index in [-0.39, 0.29) is 10.4 Å². The molecule has 1 N–H and O–H groups in total. The SMILES string of the molecule is COCC1(CN[C@@H]2CC2c2ccccc2)CCN(S(=O)(=O)c2ccnn2C)CC1. The van der Waals surface area contributed by atoms with Gasteiger partial charge in [0.2, 0.25) is 0 Å². The summed E-state index contributed by atoms with van der Waals surface area (Å²) in [6.45, 7) is 2.51. The number of aromatic nitrogens is 2. The van der Waals surface area contributed by atoms with Gasteiger partial charge >= 0.3 is 0 Å². The van der Waals surface area contributed by atoms with Crippen LogP contribution in [-0.4, -0.2) is 61.9 Å². The first-order valence-corrected chi connectivity index (χ1v) is 11.6. The summed E-state index contributed by atoms with van der Waals surface area (Å²) in [7, 11) is -0.118. The summed E-state index contributed by atoms with van der Waals surface area (Å²) in [6, 6.07) is 12.7. The highest BCUT2D eigenvalue weighted by molar-refractivity contribution is 7.89. The number of rotatable bonds is 8. The van der Waals surface area contributed by atoms with Crippen LogP contribution < -0.4 is 5.32 Å². The van der Waals surface area contributed by atoms with E-state index in [4.69, 9.17) is 4.74 Å². The third-order valence-electron chi connectivity index (χ3n) is 6.37. The maximum atomic E-state index is 12.9. The maximum Gasteiger partial charge on any atom is 0.260 e. The second-order valence-corrected chi connectivity index (χ2v) is 10.3. The van der Waals surface area contributed by atoms with E-state index in [1.54, 1.807) is 24.5 Å². The highest BCUT2D eigenvalue weighted by atomic mass is 32.2. The number of hydrogen-bond donors (Lipinski definition) is 1. The zero-order valence-electron chi connectivity index (χ0n) is 17.1. The smallest absolute Gasteiger partial charge is 0.260 e. The first-order chi connectivity index (χ1) is 14.0. The molecule has 2 atom stereocenters. The van der Waals surface area contributed by atoms with Crippen LogP contribution in [0.15, 0.2) is 47.6 Å². The van der Waals surface area contributed by atoms with Crippen molar-refractivity contribution in [2.24, 2.45) is 12.5 Å². The molecule has 1 saturated heterocycles. The standard InChI is InChI=1S/C21H30N4O3S/c1-24-20(8-11-23-24)29(26,27)25-12-9-21(10-13-25,16-28-2)15-22-19-14-18(19)17-6-4-3-5-7-17/h3-8,11,18-19,22H,9-10,12-16H2,1-2H3/t18?,19-/m1/s1. The van der Waals surface area contributed by atoms with Gasteiger partial charge < -0.3 is 10.1 Å². The van der Waals surface area contributed by atoms with Crippen LogP contribution in [0.25, 0.3) is 0 Å². The molecule has 2 heterocycles. The van der Waals surface area contributed by atoms with E-state index >= 15 is 0 Å². The fraction of sp³-hybridized carbons (Fsp3) is 0.571. The van der Waals surface area contributed by atoms with E-state index in [9.17, 15) is 8.42 Å². The first kappa shape index (κ1) is 20.5. The van der Waals surface area contributed by atoms with Crippen LogP contribution >= 0.6 is 0 Å². The summed E-state index contributed by atoms with van der Waals surface area (Å²) < 4.78 is 34.4. The molecule has 0 spiro atoms. The Labute approximate surface area is 173 Å². The van der Waals surface area contributed by atoms with Crippen molar-refractivity contribution in [3.05, 3.63) is 48.2 Å². The number of aryl methyl sites for hydroxylation is 1. The normalized spacial score (nSPS) is 24.5. The molecular weight excluding hydrogens is 388 g/mol. The van der Waals surface area contributed by atoms with Gasteiger partial charge in [-0.05, 0) is 30.9 Å². The third-order valence-corrected chi connectivity index (χ3v) is 8.35. The summed E-state index contributed by atoms with van der Waals surface area (Å²) in [5.41, 5.74) is 1.36. The quantitative estimate of drug-likeness (QED) is 0.709. The van der Waals surface area contributed by atoms with Gasteiger partial charge in [0.1, 0.15) is 0 Å². The molecule has 2 aromatic rings. The van der Waals surface area contributed by atoms with Gasteiger partial charge in [0.15, 0.2) is 5.03 Å². The molecule has 158 valence electrons. The van der Waals surface area contributed by atoms with Crippen molar-refractivity contribution in [2.45, 2.75) is 36.2 Å². The van der Waals surface area contributed by atoms with Crippen LogP contribution in [0.3, 0.4) is 0 Å². The van der Waals surface area contributed by atoms with E-state index < -0.39 is 10.0 Å². The summed E-state index contributed by atoms with van der Waals surface area (Å²) in [5.74, 6) is 0.584. The Bertz CT molecular complexity index is 920. The van der Waals surface area contributed by atoms with Gasteiger partial charge in [-0.1, -0.05) is 30.3 Å². The van der Waals surface area contributed by atoms with E-state index in [1.807, 2.05) is 0 Å². The number of piperidine rings is 1. The molecule has 29 heavy (non-hydrogen) atoms. The molecule has 7 nitrogen and oxygen atoms in total. The van der Waals surface area contributed by atoms with Crippen LogP contribution in [0.5, 0.6) is 0 Å². The lowest BCUT2D eigenvalue weighted by molar-refractivity contribution is 0.0386. The lowest BCUT2D eigenvalue weighted by Crippen LogP contribution is -2.49. The fourth-order valence-electron chi connectivity index (χ4n) is 4.46. The van der Waals surface area contributed by atoms with Crippen molar-refractivity contribution in [3.8, 4) is 0 Å². The highest BCUT2D eigenvalue weighted by Gasteiger charge is 2.43. The number of methoxy groups -OCH3 is 1. The molecule has 4 rings (SSSR count). The second kappa shape index (κ2) is 8.18. The lowest BCUT2D eigenvalue weighted by Gasteiger charge is -2.41. The van der Waals surface area contributed by atoms with Crippen LogP contribution in [0.1, 0.15) is 30.7 Å². The minimum atomic E-state index is -3.51. The van der Waals surface area contributed by atoms with Crippen LogP contribution in [0.4, 0.5) is 0 Å². The van der Waals surface area contributed by atoms with Gasteiger partial charge in [0.05, 0.1) is 12.8 Å². The largest absolute Gasteiger partial charge is 0.384 e. The zero-order valence-corrected chi connectivity index (χ0v) is 17.9. The predicted molar refractivity (Wildman–Crippen MR) is 111 cm³/mol. The average molecular weight is 419 g/mol. The Morgan fingerprint density at radius 1 is 1.21 bits per heavy atom. The Kier molecular flexibility index (Phi) is 5.79. The van der Waals surface area contributed by atoms with Gasteiger partial charge in [-0.25, -0.2) is 8.42 Å². The monoisotopic (exact) mass is 418 g/mol. The van der Waals surface area contributed by atoms with Gasteiger partial charge in [0.25, 0.3) is 10.0 Å². The molecule has 0 amide bonds. The molecule has 0 bridgehead atoms. The Hall–Kier alpha value is -1.74. The zero-order chi connectivity index (χ0) is 20.5. The van der Waals surface area contributed by atoms with Gasteiger partial charge in [-0.2, -0.15) is 9.40 Å². The van der Waals surface area contributed by atoms with Crippen LogP contribution in [0, 0.1) is 5.41 Å². The van der Waals surface area contributed by atoms with Gasteiger partial charge in [0, 0.05) is 51.2 Å². The number of sulfonamides is 1. The van der Waals surface area contributed by atoms with Crippen molar-refractivity contribution in [1.29, 1.82) is 0 Å². The summed E-state index contributed by atoms with van der Waals surface area (Å²) in [4.78, 5) is 0. The van der Waals surface area contributed by atoms with E-state index in [2.05, 4.69) is 40.7 Å². The molecule has 2 aliphatic rings. The molecule has 1 aromatic heterocycles. The summed E-state index contributed by atoms with van der Waals surface area (Å²) >= 11 is 0. The number of hydrogen-bond acceptors (Lipinski definition) is 5. The molecule has 8 heteroatoms. The maximum absolute atomic E-state index is 12.9. The van der Waals surface area contributed by atoms with Crippen molar-refractivity contribution >= 4 is 10.0 Å². The van der Waals surface area contributed by atoms with E-state index in [0.29, 0.717) is 31.7 Å². The minimum Gasteiger partial charge on any atom is -0.384 e. The lowest BCUT2D eigenvalue weighted by atomic mass is 9.79. The second-order valence-electron chi connectivity index (χ2n) is 8.37. The molecule has 0 radical (unpaired) electrons. The molecule has 1 aromatic carbocycles. The number of benzene rings is 1. The molecular formula is C21H30N4O3S. The summed E-state index contributed by atoms with van der Waals surface area (Å²) in [5, 5.41) is 7.98. The van der Waals surface area contributed by atoms with Crippen molar-refractivity contribution in [2.75, 3.05) is 33.4 Å². The Balaban J connectivity index is 1.36. The van der Waals surface area contributed by atoms with Crippen LogP contribution in [-0.2, 0) is 21.8 Å². The molecule has 1 unspecified atom stereocenters. The van der Waals surface area contributed by atoms with Gasteiger partial charge in [-0.15, -0.1) is 0 Å². The fourth-order valence-corrected chi connectivity index (χ4v) is 6.00. The van der Waals surface area contributed by atoms with Crippen molar-refractivity contribution < 1.29 is 13.2 Å². The predicted octanol–water partition coefficient (Wildman–Crippen LogP) is 1.98. The number of nitrogens with one attached hydrogen (secondary N) is 1. The van der Waals surface area contributed by atoms with E-state index in [0.717, 1.165) is 25.8 Å². The van der Waals surface area contributed by atoms with Crippen LogP contribution in [0.2, 0.25) is 0 Å². The molecule has 1 saturated carbocycles. The minimum absolute atomic E-state index is 0.0307. The number of nitrogens with zero attached hydrogens (tertiary/aromatic N) is 3. The highest BCUT2D eigenvalue weighted by Crippen LogP contribution is 2.42.